The molecule has 0 atom stereocenters. The highest BCUT2D eigenvalue weighted by molar-refractivity contribution is 5.81. The highest BCUT2D eigenvalue weighted by Crippen LogP contribution is 2.09. The molecular weight excluding hydrogens is 238 g/mol. The summed E-state index contributed by atoms with van der Waals surface area (Å²) in [6, 6.07) is 8.47. The van der Waals surface area contributed by atoms with Gasteiger partial charge < -0.3 is 10.5 Å². The largest absolute Gasteiger partial charge is 0.463 e. The summed E-state index contributed by atoms with van der Waals surface area (Å²) in [4.78, 5) is 10.8. The summed E-state index contributed by atoms with van der Waals surface area (Å²) in [5, 5.41) is 0. The molecule has 104 valence electrons. The first-order valence-corrected chi connectivity index (χ1v) is 6.83. The molecule has 0 unspecified atom stereocenters. The van der Waals surface area contributed by atoms with Gasteiger partial charge in [0.2, 0.25) is 0 Å². The third-order valence-corrected chi connectivity index (χ3v) is 3.03. The number of aryl methyl sites for hydroxylation is 1. The molecular formula is C16H23NO2. The van der Waals surface area contributed by atoms with E-state index < -0.39 is 0 Å². The molecule has 0 saturated heterocycles. The molecule has 0 spiro atoms. The van der Waals surface area contributed by atoms with Gasteiger partial charge in [-0.15, -0.1) is 0 Å². The lowest BCUT2D eigenvalue weighted by atomic mass is 10.0. The maximum absolute atomic E-state index is 10.8. The highest BCUT2D eigenvalue weighted by Gasteiger charge is 1.97. The minimum absolute atomic E-state index is 0.333. The van der Waals surface area contributed by atoms with E-state index in [1.807, 2.05) is 0 Å². The average molecular weight is 261 g/mol. The van der Waals surface area contributed by atoms with Crippen LogP contribution in [0.15, 0.2) is 36.9 Å². The number of esters is 1. The van der Waals surface area contributed by atoms with Crippen LogP contribution in [-0.4, -0.2) is 12.6 Å². The van der Waals surface area contributed by atoms with Crippen molar-refractivity contribution in [1.29, 1.82) is 0 Å². The van der Waals surface area contributed by atoms with Gasteiger partial charge in [-0.05, 0) is 30.4 Å². The molecule has 3 nitrogen and oxygen atoms in total. The molecule has 0 amide bonds. The summed E-state index contributed by atoms with van der Waals surface area (Å²) >= 11 is 0. The predicted molar refractivity (Wildman–Crippen MR) is 77.7 cm³/mol. The number of nitrogens with two attached hydrogens (primary N) is 1. The molecule has 0 saturated carbocycles. The van der Waals surface area contributed by atoms with Crippen LogP contribution in [0.5, 0.6) is 0 Å². The van der Waals surface area contributed by atoms with Gasteiger partial charge in [0, 0.05) is 12.6 Å². The fourth-order valence-electron chi connectivity index (χ4n) is 1.86. The second kappa shape index (κ2) is 9.34. The van der Waals surface area contributed by atoms with Crippen LogP contribution in [0.1, 0.15) is 36.8 Å². The van der Waals surface area contributed by atoms with Crippen LogP contribution in [0.4, 0.5) is 0 Å². The third kappa shape index (κ3) is 6.77. The fourth-order valence-corrected chi connectivity index (χ4v) is 1.86. The molecule has 1 rings (SSSR count). The molecule has 3 heteroatoms. The molecule has 0 aliphatic carbocycles. The molecule has 19 heavy (non-hydrogen) atoms. The molecule has 1 aromatic rings. The minimum Gasteiger partial charge on any atom is -0.463 e. The predicted octanol–water partition coefficient (Wildman–Crippen LogP) is 2.98. The maximum atomic E-state index is 10.8. The number of rotatable bonds is 9. The zero-order chi connectivity index (χ0) is 13.9. The summed E-state index contributed by atoms with van der Waals surface area (Å²) in [5.74, 6) is -0.333. The second-order valence-corrected chi connectivity index (χ2v) is 4.56. The number of carbonyl (C=O) groups is 1. The summed E-state index contributed by atoms with van der Waals surface area (Å²) in [6.07, 6.45) is 6.63. The van der Waals surface area contributed by atoms with Crippen LogP contribution in [0, 0.1) is 0 Å². The third-order valence-electron chi connectivity index (χ3n) is 3.03. The SMILES string of the molecule is C=CC(=O)OCCCCCCc1ccc(CN)cc1. The van der Waals surface area contributed by atoms with Gasteiger partial charge in [0.15, 0.2) is 0 Å². The van der Waals surface area contributed by atoms with Crippen molar-refractivity contribution in [2.75, 3.05) is 6.61 Å². The summed E-state index contributed by atoms with van der Waals surface area (Å²) in [5.41, 5.74) is 8.09. The number of hydrogen-bond donors (Lipinski definition) is 1. The minimum atomic E-state index is -0.333. The number of ether oxygens (including phenoxy) is 1. The van der Waals surface area contributed by atoms with Gasteiger partial charge in [-0.25, -0.2) is 4.79 Å². The lowest BCUT2D eigenvalue weighted by Gasteiger charge is -2.04. The zero-order valence-corrected chi connectivity index (χ0v) is 11.4. The van der Waals surface area contributed by atoms with Gasteiger partial charge in [-0.2, -0.15) is 0 Å². The van der Waals surface area contributed by atoms with E-state index >= 15 is 0 Å². The van der Waals surface area contributed by atoms with Crippen molar-refractivity contribution in [3.63, 3.8) is 0 Å². The highest BCUT2D eigenvalue weighted by atomic mass is 16.5. The fraction of sp³-hybridized carbons (Fsp3) is 0.438. The first-order chi connectivity index (χ1) is 9.26. The Bertz CT molecular complexity index is 384. The molecule has 1 aromatic carbocycles. The molecule has 0 radical (unpaired) electrons. The Morgan fingerprint density at radius 3 is 2.37 bits per heavy atom. The lowest BCUT2D eigenvalue weighted by molar-refractivity contribution is -0.137. The second-order valence-electron chi connectivity index (χ2n) is 4.56. The van der Waals surface area contributed by atoms with Crippen molar-refractivity contribution in [1.82, 2.24) is 0 Å². The Labute approximate surface area is 115 Å². The van der Waals surface area contributed by atoms with Gasteiger partial charge in [0.25, 0.3) is 0 Å². The summed E-state index contributed by atoms with van der Waals surface area (Å²) in [6.45, 7) is 4.45. The molecule has 0 aliphatic rings. The van der Waals surface area contributed by atoms with E-state index in [4.69, 9.17) is 10.5 Å². The van der Waals surface area contributed by atoms with Crippen molar-refractivity contribution in [3.05, 3.63) is 48.0 Å². The summed E-state index contributed by atoms with van der Waals surface area (Å²) in [7, 11) is 0. The van der Waals surface area contributed by atoms with Crippen LogP contribution in [-0.2, 0) is 22.5 Å². The number of hydrogen-bond acceptors (Lipinski definition) is 3. The number of carbonyl (C=O) groups excluding carboxylic acids is 1. The van der Waals surface area contributed by atoms with Crippen LogP contribution >= 0.6 is 0 Å². The number of unbranched alkanes of at least 4 members (excludes halogenated alkanes) is 3. The molecule has 0 fully saturated rings. The van der Waals surface area contributed by atoms with E-state index in [1.165, 1.54) is 17.2 Å². The zero-order valence-electron chi connectivity index (χ0n) is 11.4. The van der Waals surface area contributed by atoms with Crippen molar-refractivity contribution in [2.24, 2.45) is 5.73 Å². The van der Waals surface area contributed by atoms with Crippen LogP contribution in [0.2, 0.25) is 0 Å². The quantitative estimate of drug-likeness (QED) is 0.422. The van der Waals surface area contributed by atoms with Crippen molar-refractivity contribution < 1.29 is 9.53 Å². The Morgan fingerprint density at radius 2 is 1.74 bits per heavy atom. The number of benzene rings is 1. The van der Waals surface area contributed by atoms with E-state index in [-0.39, 0.29) is 5.97 Å². The maximum Gasteiger partial charge on any atom is 0.330 e. The van der Waals surface area contributed by atoms with E-state index in [1.54, 1.807) is 0 Å². The first kappa shape index (κ1) is 15.4. The summed E-state index contributed by atoms with van der Waals surface area (Å²) < 4.78 is 4.91. The van der Waals surface area contributed by atoms with Crippen molar-refractivity contribution in [3.8, 4) is 0 Å². The van der Waals surface area contributed by atoms with E-state index in [2.05, 4.69) is 30.8 Å². The van der Waals surface area contributed by atoms with Crippen molar-refractivity contribution in [2.45, 2.75) is 38.6 Å². The van der Waals surface area contributed by atoms with Gasteiger partial charge in [0.05, 0.1) is 6.61 Å². The van der Waals surface area contributed by atoms with Crippen molar-refractivity contribution >= 4 is 5.97 Å². The van der Waals surface area contributed by atoms with Gasteiger partial charge in [-0.1, -0.05) is 43.7 Å². The standard InChI is InChI=1S/C16H23NO2/c1-2-16(18)19-12-6-4-3-5-7-14-8-10-15(13-17)11-9-14/h2,8-11H,1,3-7,12-13,17H2. The molecule has 2 N–H and O–H groups in total. The smallest absolute Gasteiger partial charge is 0.330 e. The topological polar surface area (TPSA) is 52.3 Å². The average Bonchev–Trinajstić information content (AvgIpc) is 2.46. The monoisotopic (exact) mass is 261 g/mol. The van der Waals surface area contributed by atoms with Crippen LogP contribution < -0.4 is 5.73 Å². The normalized spacial score (nSPS) is 10.2. The van der Waals surface area contributed by atoms with Crippen LogP contribution in [0.3, 0.4) is 0 Å². The molecule has 0 aromatic heterocycles. The van der Waals surface area contributed by atoms with Crippen LogP contribution in [0.25, 0.3) is 0 Å². The van der Waals surface area contributed by atoms with E-state index in [0.29, 0.717) is 13.2 Å². The molecule has 0 aliphatic heterocycles. The van der Waals surface area contributed by atoms with E-state index in [0.717, 1.165) is 32.1 Å². The Morgan fingerprint density at radius 1 is 1.11 bits per heavy atom. The molecule has 0 heterocycles. The van der Waals surface area contributed by atoms with E-state index in [9.17, 15) is 4.79 Å². The Kier molecular flexibility index (Phi) is 7.59. The van der Waals surface area contributed by atoms with Gasteiger partial charge in [-0.3, -0.25) is 0 Å². The van der Waals surface area contributed by atoms with Gasteiger partial charge in [0.1, 0.15) is 0 Å². The lowest BCUT2D eigenvalue weighted by Crippen LogP contribution is -2.01. The van der Waals surface area contributed by atoms with Gasteiger partial charge >= 0.3 is 5.97 Å². The Balaban J connectivity index is 2.04. The first-order valence-electron chi connectivity index (χ1n) is 6.83. The Hall–Kier alpha value is -1.61. The molecule has 0 bridgehead atoms.